The van der Waals surface area contributed by atoms with Crippen LogP contribution in [-0.2, 0) is 16.5 Å². The number of hydrogen-bond donors (Lipinski definition) is 0. The van der Waals surface area contributed by atoms with Crippen LogP contribution in [-0.4, -0.2) is 0 Å². The van der Waals surface area contributed by atoms with Crippen LogP contribution in [0.1, 0.15) is 138 Å². The summed E-state index contributed by atoms with van der Waals surface area (Å²) in [5, 5.41) is 0. The zero-order valence-corrected chi connectivity index (χ0v) is 41.1. The molecule has 0 atom stereocenters. The molecule has 0 spiro atoms. The van der Waals surface area contributed by atoms with E-state index in [0.717, 1.165) is 0 Å². The van der Waals surface area contributed by atoms with Gasteiger partial charge < -0.3 is 17.0 Å². The molecule has 0 aliphatic rings. The predicted octanol–water partition coefficient (Wildman–Crippen LogP) is 14.9. The van der Waals surface area contributed by atoms with Crippen molar-refractivity contribution in [3.05, 3.63) is 186 Å². The van der Waals surface area contributed by atoms with E-state index in [1.54, 1.807) is 0 Å². The Morgan fingerprint density at radius 2 is 0.212 bits per heavy atom. The van der Waals surface area contributed by atoms with Gasteiger partial charge in [0.2, 0.25) is 0 Å². The number of allylic oxidation sites excluding steroid dienone is 20. The maximum absolute atomic E-state index is 3.52. The molecule has 0 aromatic carbocycles. The molecule has 0 aromatic heterocycles. The average Bonchev–Trinajstić information content (AvgIpc) is 3.06. The predicted molar refractivity (Wildman–Crippen MR) is 248 cm³/mol. The summed E-state index contributed by atoms with van der Waals surface area (Å²) < 4.78 is 0. The average molecular weight is 830 g/mol. The Kier molecular flexibility index (Phi) is 123. The summed E-state index contributed by atoms with van der Waals surface area (Å²) in [7, 11) is 0. The van der Waals surface area contributed by atoms with Crippen LogP contribution in [0.4, 0.5) is 0 Å². The maximum Gasteiger partial charge on any atom is 0 e. The van der Waals surface area contributed by atoms with Gasteiger partial charge in [-0.15, -0.1) is 138 Å². The fraction of sp³-hybridized carbons (Fsp3) is 0.400. The van der Waals surface area contributed by atoms with Crippen molar-refractivity contribution in [2.45, 2.75) is 138 Å². The van der Waals surface area contributed by atoms with Crippen molar-refractivity contribution in [2.24, 2.45) is 0 Å². The molecule has 2 heteroatoms. The molecule has 0 aromatic rings. The second-order valence-corrected chi connectivity index (χ2v) is 12.8. The van der Waals surface area contributed by atoms with E-state index in [0.29, 0.717) is 0 Å². The third kappa shape index (κ3) is 343. The van der Waals surface area contributed by atoms with E-state index in [1.165, 1.54) is 55.7 Å². The molecule has 0 unspecified atom stereocenters. The van der Waals surface area contributed by atoms with Crippen LogP contribution in [0.25, 0.3) is 0 Å². The molecule has 0 saturated carbocycles. The van der Waals surface area contributed by atoms with Crippen LogP contribution >= 0.6 is 0 Å². The minimum Gasteiger partial charge on any atom is -1.00 e. The Bertz CT molecular complexity index is 660. The molecule has 0 fully saturated rings. The molecule has 0 rings (SSSR count). The van der Waals surface area contributed by atoms with Crippen LogP contribution in [0.3, 0.4) is 0 Å². The molecular weight excluding hydrogens is 739 g/mol. The standard InChI is InChI=1S/10C5H9.BrH.Ni/c10*1-4-5(2)3;;/h10*4H,1H2,2-3H3;1H;/q10*-1;;/p-1. The van der Waals surface area contributed by atoms with Crippen LogP contribution in [0.15, 0.2) is 116 Å². The van der Waals surface area contributed by atoms with Gasteiger partial charge in [0.15, 0.2) is 0 Å². The number of rotatable bonds is 0. The fourth-order valence-electron chi connectivity index (χ4n) is 0. The van der Waals surface area contributed by atoms with E-state index in [2.05, 4.69) is 69.2 Å². The second kappa shape index (κ2) is 77.5. The number of halogens is 1. The summed E-state index contributed by atoms with van der Waals surface area (Å²) in [5.74, 6) is 0. The maximum atomic E-state index is 3.52. The molecule has 52 heavy (non-hydrogen) atoms. The van der Waals surface area contributed by atoms with Gasteiger partial charge in [-0.25, -0.2) is 186 Å². The quantitative estimate of drug-likeness (QED) is 0.169. The Morgan fingerprint density at radius 1 is 0.192 bits per heavy atom. The molecule has 0 heterocycles. The van der Waals surface area contributed by atoms with E-state index < -0.39 is 0 Å². The summed E-state index contributed by atoms with van der Waals surface area (Å²) in [5.41, 5.74) is 12.7. The molecule has 318 valence electrons. The van der Waals surface area contributed by atoms with Crippen molar-refractivity contribution in [1.29, 1.82) is 0 Å². The van der Waals surface area contributed by atoms with E-state index in [1.807, 2.05) is 199 Å². The van der Waals surface area contributed by atoms with Gasteiger partial charge in [-0.1, -0.05) is 0 Å². The van der Waals surface area contributed by atoms with E-state index in [-0.39, 0.29) is 33.5 Å². The van der Waals surface area contributed by atoms with Gasteiger partial charge in [-0.05, 0) is 0 Å². The number of hydrogen-bond acceptors (Lipinski definition) is 0. The Labute approximate surface area is 355 Å². The molecule has 0 amide bonds. The van der Waals surface area contributed by atoms with Gasteiger partial charge >= 0.3 is 0 Å². The Morgan fingerprint density at radius 3 is 0.212 bits per heavy atom. The first-order valence-electron chi connectivity index (χ1n) is 17.0. The molecule has 0 radical (unpaired) electrons. The van der Waals surface area contributed by atoms with E-state index >= 15 is 0 Å². The first-order valence-corrected chi connectivity index (χ1v) is 17.0. The fourth-order valence-corrected chi connectivity index (χ4v) is 0. The molecule has 0 aliphatic heterocycles. The van der Waals surface area contributed by atoms with Crippen molar-refractivity contribution < 1.29 is 33.5 Å². The third-order valence-corrected chi connectivity index (χ3v) is 4.08. The van der Waals surface area contributed by atoms with Crippen LogP contribution in [0.2, 0.25) is 0 Å². The van der Waals surface area contributed by atoms with Crippen molar-refractivity contribution in [2.75, 3.05) is 0 Å². The van der Waals surface area contributed by atoms with Crippen LogP contribution in [0.5, 0.6) is 0 Å². The zero-order valence-electron chi connectivity index (χ0n) is 38.5. The SMILES string of the molecule is [Br-].[CH2-]C=C(C)C.[CH2-]C=C(C)C.[CH2-]C=C(C)C.[CH2-]C=C(C)C.[CH2-]C=C(C)C.[CH2-]C=C(C)C.[CH2-]C=C(C)C.[CH2-]C=C(C)C.[CH2-]C=C(C)C.[CH2-]C=C(C)C.[Ni]. The first kappa shape index (κ1) is 82.5. The van der Waals surface area contributed by atoms with E-state index in [9.17, 15) is 0 Å². The van der Waals surface area contributed by atoms with Gasteiger partial charge in [0.05, 0.1) is 0 Å². The largest absolute Gasteiger partial charge is 1.00 e. The van der Waals surface area contributed by atoms with E-state index in [4.69, 9.17) is 0 Å². The van der Waals surface area contributed by atoms with Gasteiger partial charge in [0, 0.05) is 16.5 Å². The van der Waals surface area contributed by atoms with Crippen LogP contribution < -0.4 is 17.0 Å². The van der Waals surface area contributed by atoms with Crippen LogP contribution in [0, 0.1) is 69.2 Å². The third-order valence-electron chi connectivity index (χ3n) is 4.08. The minimum absolute atomic E-state index is 0. The van der Waals surface area contributed by atoms with Gasteiger partial charge in [0.25, 0.3) is 0 Å². The zero-order chi connectivity index (χ0) is 42.8. The first-order chi connectivity index (χ1) is 22.7. The summed E-state index contributed by atoms with van der Waals surface area (Å²) in [4.78, 5) is 0. The van der Waals surface area contributed by atoms with Crippen molar-refractivity contribution in [3.8, 4) is 0 Å². The van der Waals surface area contributed by atoms with Gasteiger partial charge in [0.1, 0.15) is 0 Å². The monoisotopic (exact) mass is 828 g/mol. The molecule has 0 aliphatic carbocycles. The van der Waals surface area contributed by atoms with Gasteiger partial charge in [-0.3, -0.25) is 0 Å². The normalized spacial score (nSPS) is 6.54. The molecule has 0 N–H and O–H groups in total. The van der Waals surface area contributed by atoms with Gasteiger partial charge in [-0.2, -0.15) is 0 Å². The Hall–Kier alpha value is -2.93. The summed E-state index contributed by atoms with van der Waals surface area (Å²) in [6, 6.07) is 0. The second-order valence-electron chi connectivity index (χ2n) is 12.8. The summed E-state index contributed by atoms with van der Waals surface area (Å²) >= 11 is 0. The molecule has 0 nitrogen and oxygen atoms in total. The summed E-state index contributed by atoms with van der Waals surface area (Å²) in [6.07, 6.45) is 18.3. The topological polar surface area (TPSA) is 0 Å². The van der Waals surface area contributed by atoms with Crippen molar-refractivity contribution in [1.82, 2.24) is 0 Å². The molecule has 0 saturated heterocycles. The van der Waals surface area contributed by atoms with Crippen molar-refractivity contribution >= 4 is 0 Å². The Balaban J connectivity index is -0.0000000340. The molecular formula is C50H90BrNi-11. The van der Waals surface area contributed by atoms with Crippen molar-refractivity contribution in [3.63, 3.8) is 0 Å². The summed E-state index contributed by atoms with van der Waals surface area (Å²) in [6.45, 7) is 75.6. The molecule has 0 bridgehead atoms. The minimum atomic E-state index is 0. The smallest absolute Gasteiger partial charge is 0 e.